The monoisotopic (exact) mass is 561 g/mol. The van der Waals surface area contributed by atoms with E-state index in [0.717, 1.165) is 11.8 Å². The molecule has 224 valence electrons. The molecule has 0 aliphatic heterocycles. The predicted octanol–water partition coefficient (Wildman–Crippen LogP) is 3.91. The first-order valence-corrected chi connectivity index (χ1v) is 13.9. The zero-order valence-electron chi connectivity index (χ0n) is 25.1. The Balaban J connectivity index is 3.08. The summed E-state index contributed by atoms with van der Waals surface area (Å²) in [6.07, 6.45) is 0.355. The third-order valence-electron chi connectivity index (χ3n) is 5.85. The minimum Gasteiger partial charge on any atom is -0.460 e. The van der Waals surface area contributed by atoms with Gasteiger partial charge in [0.05, 0.1) is 6.42 Å². The average molecular weight is 562 g/mol. The first kappa shape index (κ1) is 34.6. The van der Waals surface area contributed by atoms with Crippen molar-refractivity contribution in [2.45, 2.75) is 105 Å². The number of alkyl carbamates (subject to hydrolysis) is 1. The SMILES string of the molecule is CC(C)CC(NC(=O)[C@H](CC(=O)OC(C)(C)C)NC(=O)[C@H](CC(C)C)NC(=O)OCc1ccccc1)[C@@H](C)C=O. The van der Waals surface area contributed by atoms with E-state index in [1.807, 2.05) is 58.0 Å². The van der Waals surface area contributed by atoms with Crippen LogP contribution >= 0.6 is 0 Å². The van der Waals surface area contributed by atoms with E-state index < -0.39 is 59.9 Å². The van der Waals surface area contributed by atoms with Crippen LogP contribution in [-0.4, -0.2) is 53.9 Å². The van der Waals surface area contributed by atoms with Crippen molar-refractivity contribution in [1.82, 2.24) is 16.0 Å². The van der Waals surface area contributed by atoms with E-state index in [2.05, 4.69) is 16.0 Å². The summed E-state index contributed by atoms with van der Waals surface area (Å²) in [5.74, 6) is -2.20. The summed E-state index contributed by atoms with van der Waals surface area (Å²) in [6.45, 7) is 14.5. The van der Waals surface area contributed by atoms with E-state index in [-0.39, 0.29) is 24.9 Å². The highest BCUT2D eigenvalue weighted by molar-refractivity contribution is 5.93. The Morgan fingerprint density at radius 1 is 0.825 bits per heavy atom. The van der Waals surface area contributed by atoms with E-state index in [4.69, 9.17) is 9.47 Å². The largest absolute Gasteiger partial charge is 0.460 e. The maximum Gasteiger partial charge on any atom is 0.408 e. The summed E-state index contributed by atoms with van der Waals surface area (Å²) in [5, 5.41) is 8.03. The number of carbonyl (C=O) groups is 5. The highest BCUT2D eigenvalue weighted by Gasteiger charge is 2.32. The maximum atomic E-state index is 13.4. The van der Waals surface area contributed by atoms with Crippen LogP contribution in [0.15, 0.2) is 30.3 Å². The molecule has 0 aliphatic rings. The molecule has 0 radical (unpaired) electrons. The molecule has 10 heteroatoms. The maximum absolute atomic E-state index is 13.4. The Morgan fingerprint density at radius 3 is 1.93 bits per heavy atom. The molecule has 0 fully saturated rings. The molecule has 4 atom stereocenters. The van der Waals surface area contributed by atoms with Crippen LogP contribution in [-0.2, 0) is 35.3 Å². The second-order valence-corrected chi connectivity index (χ2v) is 12.0. The highest BCUT2D eigenvalue weighted by atomic mass is 16.6. The first-order valence-electron chi connectivity index (χ1n) is 13.9. The summed E-state index contributed by atoms with van der Waals surface area (Å²) < 4.78 is 10.7. The number of amides is 3. The number of esters is 1. The van der Waals surface area contributed by atoms with Gasteiger partial charge in [0.2, 0.25) is 11.8 Å². The molecule has 1 rings (SSSR count). The van der Waals surface area contributed by atoms with Crippen LogP contribution in [0.4, 0.5) is 4.79 Å². The number of hydrogen-bond donors (Lipinski definition) is 3. The molecule has 0 aromatic heterocycles. The lowest BCUT2D eigenvalue weighted by atomic mass is 9.93. The van der Waals surface area contributed by atoms with Crippen molar-refractivity contribution in [3.8, 4) is 0 Å². The number of nitrogens with one attached hydrogen (secondary N) is 3. The van der Waals surface area contributed by atoms with Gasteiger partial charge in [0.1, 0.15) is 30.6 Å². The molecule has 3 N–H and O–H groups in total. The molecule has 1 aromatic carbocycles. The van der Waals surface area contributed by atoms with Crippen LogP contribution in [0.25, 0.3) is 0 Å². The lowest BCUT2D eigenvalue weighted by Crippen LogP contribution is -2.56. The molecule has 0 aliphatic carbocycles. The Labute approximate surface area is 238 Å². The van der Waals surface area contributed by atoms with Crippen molar-refractivity contribution in [3.63, 3.8) is 0 Å². The fourth-order valence-corrected chi connectivity index (χ4v) is 3.93. The standard InChI is InChI=1S/C30H47N3O7/c1-19(2)14-23(21(5)17-34)31-28(37)25(16-26(35)40-30(6,7)8)32-27(36)24(15-20(3)4)33-29(38)39-18-22-12-10-9-11-13-22/h9-13,17,19-21,23-25H,14-16,18H2,1-8H3,(H,31,37)(H,32,36)(H,33,38)/t21-,23?,24-,25-/m0/s1. The van der Waals surface area contributed by atoms with Crippen LogP contribution in [0, 0.1) is 17.8 Å². The molecule has 0 saturated carbocycles. The van der Waals surface area contributed by atoms with Gasteiger partial charge in [-0.15, -0.1) is 0 Å². The Hall–Kier alpha value is -3.43. The lowest BCUT2D eigenvalue weighted by Gasteiger charge is -2.28. The van der Waals surface area contributed by atoms with Crippen LogP contribution in [0.3, 0.4) is 0 Å². The van der Waals surface area contributed by atoms with Gasteiger partial charge in [-0.25, -0.2) is 4.79 Å². The smallest absolute Gasteiger partial charge is 0.408 e. The van der Waals surface area contributed by atoms with E-state index in [9.17, 15) is 24.0 Å². The number of carbonyl (C=O) groups excluding carboxylic acids is 5. The van der Waals surface area contributed by atoms with E-state index in [1.165, 1.54) is 0 Å². The van der Waals surface area contributed by atoms with Crippen molar-refractivity contribution in [3.05, 3.63) is 35.9 Å². The first-order chi connectivity index (χ1) is 18.6. The fraction of sp³-hybridized carbons (Fsp3) is 0.633. The Morgan fingerprint density at radius 2 is 1.40 bits per heavy atom. The molecule has 3 amide bonds. The fourth-order valence-electron chi connectivity index (χ4n) is 3.93. The van der Waals surface area contributed by atoms with Crippen LogP contribution in [0.2, 0.25) is 0 Å². The molecule has 0 bridgehead atoms. The minimum absolute atomic E-state index is 0.0205. The van der Waals surface area contributed by atoms with Gasteiger partial charge in [0.15, 0.2) is 0 Å². The molecule has 0 saturated heterocycles. The van der Waals surface area contributed by atoms with Crippen LogP contribution in [0.5, 0.6) is 0 Å². The van der Waals surface area contributed by atoms with Gasteiger partial charge in [-0.05, 0) is 51.0 Å². The molecular weight excluding hydrogens is 514 g/mol. The van der Waals surface area contributed by atoms with Crippen molar-refractivity contribution in [2.24, 2.45) is 17.8 Å². The quantitative estimate of drug-likeness (QED) is 0.218. The van der Waals surface area contributed by atoms with Crippen molar-refractivity contribution in [2.75, 3.05) is 0 Å². The zero-order valence-corrected chi connectivity index (χ0v) is 25.1. The normalized spacial score (nSPS) is 14.4. The van der Waals surface area contributed by atoms with E-state index in [1.54, 1.807) is 27.7 Å². The summed E-state index contributed by atoms with van der Waals surface area (Å²) in [7, 11) is 0. The number of ether oxygens (including phenoxy) is 2. The van der Waals surface area contributed by atoms with Gasteiger partial charge in [0, 0.05) is 12.0 Å². The second-order valence-electron chi connectivity index (χ2n) is 12.0. The van der Waals surface area contributed by atoms with Gasteiger partial charge in [-0.1, -0.05) is 65.0 Å². The van der Waals surface area contributed by atoms with Crippen LogP contribution < -0.4 is 16.0 Å². The van der Waals surface area contributed by atoms with Gasteiger partial charge in [-0.3, -0.25) is 14.4 Å². The lowest BCUT2D eigenvalue weighted by molar-refractivity contribution is -0.156. The summed E-state index contributed by atoms with van der Waals surface area (Å²) >= 11 is 0. The molecule has 0 heterocycles. The number of rotatable bonds is 15. The average Bonchev–Trinajstić information content (AvgIpc) is 2.84. The minimum atomic E-state index is -1.28. The molecule has 1 unspecified atom stereocenters. The molecule has 40 heavy (non-hydrogen) atoms. The Bertz CT molecular complexity index is 973. The van der Waals surface area contributed by atoms with E-state index in [0.29, 0.717) is 6.42 Å². The number of benzene rings is 1. The third-order valence-corrected chi connectivity index (χ3v) is 5.85. The van der Waals surface area contributed by atoms with Crippen molar-refractivity contribution >= 4 is 30.2 Å². The van der Waals surface area contributed by atoms with Gasteiger partial charge < -0.3 is 30.2 Å². The zero-order chi connectivity index (χ0) is 30.5. The topological polar surface area (TPSA) is 140 Å². The van der Waals surface area contributed by atoms with Crippen molar-refractivity contribution < 1.29 is 33.4 Å². The third kappa shape index (κ3) is 14.1. The molecule has 1 aromatic rings. The summed E-state index contributed by atoms with van der Waals surface area (Å²) in [6, 6.07) is 6.32. The summed E-state index contributed by atoms with van der Waals surface area (Å²) in [5.41, 5.74) is -0.00409. The molecule has 0 spiro atoms. The molecule has 10 nitrogen and oxygen atoms in total. The number of hydrogen-bond acceptors (Lipinski definition) is 7. The predicted molar refractivity (Wildman–Crippen MR) is 152 cm³/mol. The van der Waals surface area contributed by atoms with Gasteiger partial charge >= 0.3 is 12.1 Å². The Kier molecular flexibility index (Phi) is 14.4. The van der Waals surface area contributed by atoms with Crippen LogP contribution in [0.1, 0.15) is 80.2 Å². The van der Waals surface area contributed by atoms with E-state index >= 15 is 0 Å². The van der Waals surface area contributed by atoms with Crippen molar-refractivity contribution in [1.29, 1.82) is 0 Å². The molecular formula is C30H47N3O7. The van der Waals surface area contributed by atoms with Gasteiger partial charge in [-0.2, -0.15) is 0 Å². The second kappa shape index (κ2) is 16.6. The summed E-state index contributed by atoms with van der Waals surface area (Å²) in [4.78, 5) is 63.4. The number of aldehydes is 1. The van der Waals surface area contributed by atoms with Gasteiger partial charge in [0.25, 0.3) is 0 Å². The highest BCUT2D eigenvalue weighted by Crippen LogP contribution is 2.14.